The molecule has 0 aromatic heterocycles. The molecule has 0 amide bonds. The van der Waals surface area contributed by atoms with E-state index in [0.717, 1.165) is 12.3 Å². The monoisotopic (exact) mass is 140 g/mol. The van der Waals surface area contributed by atoms with Crippen LogP contribution in [0.15, 0.2) is 0 Å². The zero-order valence-electron chi connectivity index (χ0n) is 6.42. The van der Waals surface area contributed by atoms with Crippen LogP contribution in [0, 0.1) is 11.8 Å². The van der Waals surface area contributed by atoms with E-state index in [1.807, 2.05) is 0 Å². The topological polar surface area (TPSA) is 20.2 Å². The molecular weight excluding hydrogens is 124 g/mol. The van der Waals surface area contributed by atoms with Crippen LogP contribution < -0.4 is 0 Å². The Morgan fingerprint density at radius 1 is 1.00 bits per heavy atom. The van der Waals surface area contributed by atoms with E-state index in [4.69, 9.17) is 0 Å². The van der Waals surface area contributed by atoms with Crippen LogP contribution in [0.25, 0.3) is 0 Å². The van der Waals surface area contributed by atoms with Crippen LogP contribution in [0.2, 0.25) is 0 Å². The number of hydrogen-bond acceptors (Lipinski definition) is 1. The largest absolute Gasteiger partial charge is 0.393 e. The third-order valence-corrected chi connectivity index (χ3v) is 3.25. The maximum atomic E-state index is 9.58. The molecule has 10 heavy (non-hydrogen) atoms. The first-order valence-electron chi connectivity index (χ1n) is 4.54. The van der Waals surface area contributed by atoms with Gasteiger partial charge in [0.05, 0.1) is 6.10 Å². The van der Waals surface area contributed by atoms with Gasteiger partial charge in [-0.1, -0.05) is 12.8 Å². The fourth-order valence-corrected chi connectivity index (χ4v) is 2.56. The lowest BCUT2D eigenvalue weighted by Gasteiger charge is -2.28. The van der Waals surface area contributed by atoms with E-state index in [0.29, 0.717) is 5.92 Å². The molecule has 0 spiro atoms. The quantitative estimate of drug-likeness (QED) is 0.545. The van der Waals surface area contributed by atoms with Crippen molar-refractivity contribution in [3.63, 3.8) is 0 Å². The summed E-state index contributed by atoms with van der Waals surface area (Å²) in [6, 6.07) is 0. The van der Waals surface area contributed by atoms with Gasteiger partial charge in [-0.2, -0.15) is 0 Å². The molecule has 0 aliphatic heterocycles. The summed E-state index contributed by atoms with van der Waals surface area (Å²) in [6.07, 6.45) is 7.89. The van der Waals surface area contributed by atoms with Gasteiger partial charge in [0.15, 0.2) is 0 Å². The smallest absolute Gasteiger partial charge is 0.0571 e. The molecule has 0 aromatic carbocycles. The van der Waals surface area contributed by atoms with Gasteiger partial charge in [0.2, 0.25) is 0 Å². The second-order valence-corrected chi connectivity index (χ2v) is 3.94. The molecule has 58 valence electrons. The minimum Gasteiger partial charge on any atom is -0.393 e. The highest BCUT2D eigenvalue weighted by Gasteiger charge is 2.31. The summed E-state index contributed by atoms with van der Waals surface area (Å²) in [6.45, 7) is 0. The Morgan fingerprint density at radius 3 is 2.70 bits per heavy atom. The van der Waals surface area contributed by atoms with Gasteiger partial charge in [0.25, 0.3) is 0 Å². The van der Waals surface area contributed by atoms with E-state index in [-0.39, 0.29) is 6.10 Å². The van der Waals surface area contributed by atoms with E-state index in [1.165, 1.54) is 32.1 Å². The average Bonchev–Trinajstić information content (AvgIpc) is 2.20. The van der Waals surface area contributed by atoms with E-state index < -0.39 is 0 Å². The number of aliphatic hydroxyl groups excluding tert-OH is 1. The van der Waals surface area contributed by atoms with Crippen LogP contribution in [-0.4, -0.2) is 11.2 Å². The lowest BCUT2D eigenvalue weighted by atomic mass is 9.82. The summed E-state index contributed by atoms with van der Waals surface area (Å²) in [5.74, 6) is 1.53. The molecule has 3 fully saturated rings. The van der Waals surface area contributed by atoms with Gasteiger partial charge in [0.1, 0.15) is 0 Å². The third-order valence-electron chi connectivity index (χ3n) is 3.25. The summed E-state index contributed by atoms with van der Waals surface area (Å²) in [4.78, 5) is 0. The molecule has 0 aromatic rings. The van der Waals surface area contributed by atoms with Crippen molar-refractivity contribution in [3.05, 3.63) is 0 Å². The van der Waals surface area contributed by atoms with Crippen molar-refractivity contribution in [2.24, 2.45) is 11.8 Å². The van der Waals surface area contributed by atoms with Crippen LogP contribution in [0.3, 0.4) is 0 Å². The fourth-order valence-electron chi connectivity index (χ4n) is 2.56. The first-order chi connectivity index (χ1) is 4.86. The van der Waals surface area contributed by atoms with E-state index in [2.05, 4.69) is 0 Å². The predicted molar refractivity (Wildman–Crippen MR) is 40.7 cm³/mol. The molecule has 0 radical (unpaired) electrons. The molecule has 3 unspecified atom stereocenters. The molecule has 1 nitrogen and oxygen atoms in total. The minimum absolute atomic E-state index is 0.0567. The molecule has 2 bridgehead atoms. The van der Waals surface area contributed by atoms with Crippen LogP contribution in [0.1, 0.15) is 38.5 Å². The van der Waals surface area contributed by atoms with Crippen molar-refractivity contribution >= 4 is 0 Å². The molecule has 0 saturated heterocycles. The van der Waals surface area contributed by atoms with Crippen molar-refractivity contribution < 1.29 is 5.11 Å². The van der Waals surface area contributed by atoms with Crippen molar-refractivity contribution in [2.75, 3.05) is 0 Å². The molecular formula is C9H16O. The summed E-state index contributed by atoms with van der Waals surface area (Å²) in [5.41, 5.74) is 0. The average molecular weight is 140 g/mol. The third kappa shape index (κ3) is 1.07. The van der Waals surface area contributed by atoms with Gasteiger partial charge in [-0.3, -0.25) is 0 Å². The first kappa shape index (κ1) is 6.66. The van der Waals surface area contributed by atoms with Gasteiger partial charge in [-0.05, 0) is 37.5 Å². The Kier molecular flexibility index (Phi) is 1.69. The van der Waals surface area contributed by atoms with Gasteiger partial charge in [-0.25, -0.2) is 0 Å². The van der Waals surface area contributed by atoms with Gasteiger partial charge in [-0.15, -0.1) is 0 Å². The Bertz CT molecular complexity index is 118. The fraction of sp³-hybridized carbons (Fsp3) is 1.00. The maximum absolute atomic E-state index is 9.58. The Labute approximate surface area is 62.4 Å². The zero-order valence-corrected chi connectivity index (χ0v) is 6.42. The Balaban J connectivity index is 2.07. The second kappa shape index (κ2) is 2.54. The summed E-state index contributed by atoms with van der Waals surface area (Å²) < 4.78 is 0. The highest BCUT2D eigenvalue weighted by Crippen LogP contribution is 2.38. The van der Waals surface area contributed by atoms with E-state index >= 15 is 0 Å². The second-order valence-electron chi connectivity index (χ2n) is 3.94. The predicted octanol–water partition coefficient (Wildman–Crippen LogP) is 1.95. The number of fused-ring (bicyclic) bond motifs is 4. The van der Waals surface area contributed by atoms with Gasteiger partial charge >= 0.3 is 0 Å². The van der Waals surface area contributed by atoms with Crippen LogP contribution in [-0.2, 0) is 0 Å². The maximum Gasteiger partial charge on any atom is 0.0571 e. The zero-order chi connectivity index (χ0) is 6.97. The molecule has 3 aliphatic rings. The van der Waals surface area contributed by atoms with Crippen molar-refractivity contribution in [2.45, 2.75) is 44.6 Å². The van der Waals surface area contributed by atoms with Gasteiger partial charge in [0, 0.05) is 0 Å². The number of rotatable bonds is 0. The van der Waals surface area contributed by atoms with E-state index in [1.54, 1.807) is 0 Å². The lowest BCUT2D eigenvalue weighted by Crippen LogP contribution is -2.25. The van der Waals surface area contributed by atoms with Crippen molar-refractivity contribution in [1.82, 2.24) is 0 Å². The molecule has 3 rings (SSSR count). The molecule has 1 heteroatoms. The van der Waals surface area contributed by atoms with Crippen molar-refractivity contribution in [1.29, 1.82) is 0 Å². The van der Waals surface area contributed by atoms with Crippen molar-refractivity contribution in [3.8, 4) is 0 Å². The first-order valence-corrected chi connectivity index (χ1v) is 4.54. The summed E-state index contributed by atoms with van der Waals surface area (Å²) >= 11 is 0. The summed E-state index contributed by atoms with van der Waals surface area (Å²) in [7, 11) is 0. The highest BCUT2D eigenvalue weighted by atomic mass is 16.3. The SMILES string of the molecule is OC1CC2CCCC1CC2. The number of aliphatic hydroxyl groups is 1. The lowest BCUT2D eigenvalue weighted by molar-refractivity contribution is 0.0563. The standard InChI is InChI=1S/C9H16O/c10-9-6-7-2-1-3-8(9)5-4-7/h7-10H,1-6H2. The van der Waals surface area contributed by atoms with Crippen LogP contribution >= 0.6 is 0 Å². The molecule has 3 saturated carbocycles. The van der Waals surface area contributed by atoms with Crippen LogP contribution in [0.4, 0.5) is 0 Å². The normalized spacial score (nSPS) is 47.1. The minimum atomic E-state index is 0.0567. The van der Waals surface area contributed by atoms with E-state index in [9.17, 15) is 5.11 Å². The number of hydrogen-bond donors (Lipinski definition) is 1. The summed E-state index contributed by atoms with van der Waals surface area (Å²) in [5, 5.41) is 9.58. The molecule has 1 N–H and O–H groups in total. The van der Waals surface area contributed by atoms with Gasteiger partial charge < -0.3 is 5.11 Å². The van der Waals surface area contributed by atoms with Crippen LogP contribution in [0.5, 0.6) is 0 Å². The molecule has 3 aliphatic carbocycles. The molecule has 3 atom stereocenters. The Morgan fingerprint density at radius 2 is 1.90 bits per heavy atom. The molecule has 0 heterocycles. The Hall–Kier alpha value is -0.0400. The highest BCUT2D eigenvalue weighted by molar-refractivity contribution is 4.83.